The average Bonchev–Trinajstić information content (AvgIpc) is 3.33. The molecular formula is C31H21BN4. The SMILES string of the molecule is CN1c2ccccc2N(c2cccc3c2Bc2c(-c4ccnc(C#N)c4)cccc2-3)c2ccccc21. The van der Waals surface area contributed by atoms with E-state index in [1.54, 1.807) is 6.20 Å². The zero-order valence-electron chi connectivity index (χ0n) is 19.8. The highest BCUT2D eigenvalue weighted by Crippen LogP contribution is 2.50. The third-order valence-electron chi connectivity index (χ3n) is 7.37. The molecule has 0 spiro atoms. The van der Waals surface area contributed by atoms with E-state index >= 15 is 0 Å². The first-order chi connectivity index (χ1) is 17.7. The number of hydrogen-bond acceptors (Lipinski definition) is 4. The first-order valence-corrected chi connectivity index (χ1v) is 12.1. The Bertz CT molecular complexity index is 1670. The molecule has 7 rings (SSSR count). The normalized spacial score (nSPS) is 12.7. The number of para-hydroxylation sites is 4. The Morgan fingerprint density at radius 1 is 0.667 bits per heavy atom. The van der Waals surface area contributed by atoms with Gasteiger partial charge in [-0.3, -0.25) is 0 Å². The first kappa shape index (κ1) is 20.5. The minimum atomic E-state index is 0.437. The van der Waals surface area contributed by atoms with E-state index in [2.05, 4.69) is 113 Å². The molecule has 3 heterocycles. The van der Waals surface area contributed by atoms with Gasteiger partial charge in [-0.1, -0.05) is 60.1 Å². The lowest BCUT2D eigenvalue weighted by atomic mass is 9.64. The van der Waals surface area contributed by atoms with Crippen molar-refractivity contribution in [2.75, 3.05) is 16.8 Å². The maximum absolute atomic E-state index is 9.38. The molecule has 2 aliphatic rings. The highest BCUT2D eigenvalue weighted by molar-refractivity contribution is 6.76. The number of pyridine rings is 1. The fourth-order valence-corrected chi connectivity index (χ4v) is 5.75. The smallest absolute Gasteiger partial charge is 0.197 e. The minimum absolute atomic E-state index is 0.437. The molecule has 0 N–H and O–H groups in total. The van der Waals surface area contributed by atoms with E-state index in [9.17, 15) is 5.26 Å². The van der Waals surface area contributed by atoms with Crippen LogP contribution in [0.15, 0.2) is 103 Å². The molecule has 0 fully saturated rings. The summed E-state index contributed by atoms with van der Waals surface area (Å²) in [4.78, 5) is 8.85. The topological polar surface area (TPSA) is 43.2 Å². The van der Waals surface area contributed by atoms with Crippen molar-refractivity contribution in [1.82, 2.24) is 4.98 Å². The van der Waals surface area contributed by atoms with Crippen molar-refractivity contribution in [2.24, 2.45) is 0 Å². The van der Waals surface area contributed by atoms with Crippen molar-refractivity contribution in [3.05, 3.63) is 109 Å². The highest BCUT2D eigenvalue weighted by atomic mass is 15.3. The van der Waals surface area contributed by atoms with Crippen LogP contribution in [0.1, 0.15) is 5.69 Å². The van der Waals surface area contributed by atoms with Gasteiger partial charge in [0.25, 0.3) is 0 Å². The van der Waals surface area contributed by atoms with Crippen LogP contribution in [0.5, 0.6) is 0 Å². The second kappa shape index (κ2) is 7.86. The van der Waals surface area contributed by atoms with Gasteiger partial charge >= 0.3 is 0 Å². The van der Waals surface area contributed by atoms with E-state index in [-0.39, 0.29) is 0 Å². The van der Waals surface area contributed by atoms with Gasteiger partial charge in [-0.25, -0.2) is 4.98 Å². The van der Waals surface area contributed by atoms with Gasteiger partial charge in [0, 0.05) is 18.9 Å². The zero-order valence-corrected chi connectivity index (χ0v) is 19.8. The molecule has 0 aliphatic carbocycles. The van der Waals surface area contributed by atoms with E-state index in [0.29, 0.717) is 5.69 Å². The van der Waals surface area contributed by atoms with Crippen molar-refractivity contribution < 1.29 is 0 Å². The minimum Gasteiger partial charge on any atom is -0.341 e. The summed E-state index contributed by atoms with van der Waals surface area (Å²) in [7, 11) is 2.97. The van der Waals surface area contributed by atoms with E-state index in [4.69, 9.17) is 0 Å². The van der Waals surface area contributed by atoms with E-state index in [0.717, 1.165) is 18.4 Å². The lowest BCUT2D eigenvalue weighted by Gasteiger charge is -2.39. The molecule has 36 heavy (non-hydrogen) atoms. The second-order valence-electron chi connectivity index (χ2n) is 9.23. The molecule has 2 aliphatic heterocycles. The third-order valence-corrected chi connectivity index (χ3v) is 7.37. The van der Waals surface area contributed by atoms with Crippen LogP contribution in [-0.2, 0) is 0 Å². The van der Waals surface area contributed by atoms with Gasteiger partial charge in [0.1, 0.15) is 11.8 Å². The number of nitrogens with zero attached hydrogens (tertiary/aromatic N) is 4. The van der Waals surface area contributed by atoms with Crippen LogP contribution in [-0.4, -0.2) is 19.3 Å². The lowest BCUT2D eigenvalue weighted by molar-refractivity contribution is 1.13. The number of hydrogen-bond donors (Lipinski definition) is 0. The maximum atomic E-state index is 9.38. The van der Waals surface area contributed by atoms with Crippen LogP contribution < -0.4 is 20.7 Å². The Hall–Kier alpha value is -4.82. The molecule has 4 nitrogen and oxygen atoms in total. The van der Waals surface area contributed by atoms with Crippen molar-refractivity contribution >= 4 is 46.6 Å². The van der Waals surface area contributed by atoms with Crippen LogP contribution in [0.4, 0.5) is 28.4 Å². The van der Waals surface area contributed by atoms with Gasteiger partial charge < -0.3 is 9.80 Å². The Morgan fingerprint density at radius 3 is 1.94 bits per heavy atom. The van der Waals surface area contributed by atoms with Gasteiger partial charge in [0.05, 0.1) is 22.7 Å². The molecular weight excluding hydrogens is 439 g/mol. The number of nitriles is 1. The predicted octanol–water partition coefficient (Wildman–Crippen LogP) is 5.54. The lowest BCUT2D eigenvalue weighted by Crippen LogP contribution is -2.31. The van der Waals surface area contributed by atoms with Crippen LogP contribution in [0, 0.1) is 11.3 Å². The average molecular weight is 460 g/mol. The molecule has 5 heteroatoms. The molecule has 168 valence electrons. The van der Waals surface area contributed by atoms with E-state index in [1.807, 2.05) is 12.1 Å². The number of benzene rings is 4. The molecule has 1 aromatic heterocycles. The summed E-state index contributed by atoms with van der Waals surface area (Å²) < 4.78 is 0. The molecule has 0 saturated carbocycles. The van der Waals surface area contributed by atoms with Crippen LogP contribution in [0.2, 0.25) is 0 Å². The molecule has 0 radical (unpaired) electrons. The summed E-state index contributed by atoms with van der Waals surface area (Å²) in [5, 5.41) is 9.38. The van der Waals surface area contributed by atoms with E-state index < -0.39 is 0 Å². The molecule has 0 bridgehead atoms. The Labute approximate surface area is 210 Å². The number of aromatic nitrogens is 1. The zero-order chi connectivity index (χ0) is 24.2. The maximum Gasteiger partial charge on any atom is 0.197 e. The molecule has 0 amide bonds. The van der Waals surface area contributed by atoms with Crippen molar-refractivity contribution in [3.63, 3.8) is 0 Å². The highest BCUT2D eigenvalue weighted by Gasteiger charge is 2.32. The summed E-state index contributed by atoms with van der Waals surface area (Å²) >= 11 is 0. The van der Waals surface area contributed by atoms with E-state index in [1.165, 1.54) is 50.5 Å². The van der Waals surface area contributed by atoms with Gasteiger partial charge in [0.15, 0.2) is 7.28 Å². The molecule has 0 atom stereocenters. The summed E-state index contributed by atoms with van der Waals surface area (Å²) in [6, 6.07) is 36.4. The van der Waals surface area contributed by atoms with Crippen LogP contribution in [0.25, 0.3) is 22.3 Å². The molecule has 0 saturated heterocycles. The van der Waals surface area contributed by atoms with Gasteiger partial charge in [0.2, 0.25) is 0 Å². The quantitative estimate of drug-likeness (QED) is 0.319. The number of anilines is 5. The summed E-state index contributed by atoms with van der Waals surface area (Å²) in [5.74, 6) is 0. The first-order valence-electron chi connectivity index (χ1n) is 12.1. The standard InChI is InChI=1S/C31H21BN4/c1-35-25-11-2-4-13-27(25)36(28-14-5-3-12-26(28)35)29-15-7-10-24-23-9-6-8-22(30(23)32-31(24)29)20-16-17-34-21(18-20)19-33/h2-18,32H,1H3. The van der Waals surface area contributed by atoms with Crippen LogP contribution in [0.3, 0.4) is 0 Å². The summed E-state index contributed by atoms with van der Waals surface area (Å²) in [6.07, 6.45) is 1.72. The summed E-state index contributed by atoms with van der Waals surface area (Å²) in [5.41, 5.74) is 13.7. The molecule has 0 unspecified atom stereocenters. The van der Waals surface area contributed by atoms with Crippen molar-refractivity contribution in [1.29, 1.82) is 5.26 Å². The Morgan fingerprint density at radius 2 is 1.25 bits per heavy atom. The van der Waals surface area contributed by atoms with Gasteiger partial charge in [-0.15, -0.1) is 0 Å². The summed E-state index contributed by atoms with van der Waals surface area (Å²) in [6.45, 7) is 0. The molecule has 4 aromatic carbocycles. The molecule has 5 aromatic rings. The van der Waals surface area contributed by atoms with Crippen molar-refractivity contribution in [3.8, 4) is 28.3 Å². The fourth-order valence-electron chi connectivity index (χ4n) is 5.75. The van der Waals surface area contributed by atoms with Crippen molar-refractivity contribution in [2.45, 2.75) is 0 Å². The number of fused-ring (bicyclic) bond motifs is 5. The number of rotatable bonds is 2. The van der Waals surface area contributed by atoms with Gasteiger partial charge in [-0.05, 0) is 70.2 Å². The largest absolute Gasteiger partial charge is 0.341 e. The van der Waals surface area contributed by atoms with Crippen LogP contribution >= 0.6 is 0 Å². The Balaban J connectivity index is 1.42. The van der Waals surface area contributed by atoms with Gasteiger partial charge in [-0.2, -0.15) is 5.26 Å². The monoisotopic (exact) mass is 460 g/mol. The third kappa shape index (κ3) is 2.91. The second-order valence-corrected chi connectivity index (χ2v) is 9.23. The predicted molar refractivity (Wildman–Crippen MR) is 149 cm³/mol. The fraction of sp³-hybridized carbons (Fsp3) is 0.0323. The Kier molecular flexibility index (Phi) is 4.49.